The third-order valence-corrected chi connectivity index (χ3v) is 9.50. The van der Waals surface area contributed by atoms with Crippen LogP contribution in [0.5, 0.6) is 0 Å². The molecule has 0 spiro atoms. The minimum Gasteiger partial charge on any atom is -0.309 e. The summed E-state index contributed by atoms with van der Waals surface area (Å²) in [5, 5.41) is 7.26. The zero-order valence-corrected chi connectivity index (χ0v) is 26.0. The first-order valence-corrected chi connectivity index (χ1v) is 16.3. The summed E-state index contributed by atoms with van der Waals surface area (Å²) >= 11 is 0. The molecule has 0 unspecified atom stereocenters. The Bertz CT molecular complexity index is 2770. The fraction of sp³-hybridized carbons (Fsp3) is 0. The van der Waals surface area contributed by atoms with Gasteiger partial charge in [0, 0.05) is 44.4 Å². The van der Waals surface area contributed by atoms with Gasteiger partial charge in [-0.15, -0.1) is 0 Å². The summed E-state index contributed by atoms with van der Waals surface area (Å²) < 4.78 is 4.72. The minimum atomic E-state index is 0.701. The summed E-state index contributed by atoms with van der Waals surface area (Å²) in [4.78, 5) is 10.3. The van der Waals surface area contributed by atoms with Gasteiger partial charge in [0.15, 0.2) is 5.82 Å². The van der Waals surface area contributed by atoms with Gasteiger partial charge in [0.05, 0.1) is 27.8 Å². The van der Waals surface area contributed by atoms with Gasteiger partial charge in [0.25, 0.3) is 0 Å². The van der Waals surface area contributed by atoms with Gasteiger partial charge in [-0.05, 0) is 47.2 Å². The molecule has 48 heavy (non-hydrogen) atoms. The van der Waals surface area contributed by atoms with Crippen LogP contribution in [-0.2, 0) is 0 Å². The van der Waals surface area contributed by atoms with Crippen LogP contribution in [0.1, 0.15) is 0 Å². The van der Waals surface area contributed by atoms with E-state index in [-0.39, 0.29) is 0 Å². The average molecular weight is 613 g/mol. The molecular formula is C44H28N4. The highest BCUT2D eigenvalue weighted by Crippen LogP contribution is 2.40. The molecule has 0 aliphatic rings. The van der Waals surface area contributed by atoms with Crippen LogP contribution >= 0.6 is 0 Å². The van der Waals surface area contributed by atoms with E-state index in [4.69, 9.17) is 9.97 Å². The minimum absolute atomic E-state index is 0.701. The highest BCUT2D eigenvalue weighted by atomic mass is 15.1. The first-order chi connectivity index (χ1) is 23.8. The van der Waals surface area contributed by atoms with Crippen molar-refractivity contribution in [3.8, 4) is 34.2 Å². The molecule has 4 heteroatoms. The summed E-state index contributed by atoms with van der Waals surface area (Å²) in [6.45, 7) is 0. The normalized spacial score (nSPS) is 11.8. The van der Waals surface area contributed by atoms with Gasteiger partial charge in [-0.25, -0.2) is 9.97 Å². The van der Waals surface area contributed by atoms with Crippen molar-refractivity contribution in [2.45, 2.75) is 0 Å². The van der Waals surface area contributed by atoms with E-state index in [1.807, 2.05) is 24.3 Å². The van der Waals surface area contributed by atoms with E-state index >= 15 is 0 Å². The Morgan fingerprint density at radius 1 is 0.354 bits per heavy atom. The van der Waals surface area contributed by atoms with Crippen molar-refractivity contribution in [2.75, 3.05) is 0 Å². The third kappa shape index (κ3) is 4.10. The number of rotatable bonds is 4. The molecule has 0 aliphatic carbocycles. The first kappa shape index (κ1) is 26.7. The van der Waals surface area contributed by atoms with Crippen LogP contribution in [0.4, 0.5) is 0 Å². The molecule has 0 saturated heterocycles. The van der Waals surface area contributed by atoms with E-state index in [1.54, 1.807) is 0 Å². The van der Waals surface area contributed by atoms with Crippen molar-refractivity contribution >= 4 is 54.4 Å². The number of hydrogen-bond acceptors (Lipinski definition) is 2. The van der Waals surface area contributed by atoms with Gasteiger partial charge < -0.3 is 4.57 Å². The highest BCUT2D eigenvalue weighted by molar-refractivity contribution is 6.19. The topological polar surface area (TPSA) is 35.6 Å². The first-order valence-electron chi connectivity index (χ1n) is 16.3. The number of benzene rings is 7. The smallest absolute Gasteiger partial charge is 0.162 e. The van der Waals surface area contributed by atoms with Crippen LogP contribution in [0, 0.1) is 0 Å². The molecule has 0 saturated carbocycles. The molecule has 0 radical (unpaired) electrons. The number of hydrogen-bond donors (Lipinski definition) is 0. The Hall–Kier alpha value is -6.52. The molecule has 0 atom stereocenters. The standard InChI is InChI=1S/C44H28N4/c1-3-14-30(15-4-1)38-28-43(46-44(45-38)31-16-5-2-6-17-31)48-40-22-12-10-20-35(40)37-26-41-36(27-42(37)48)34-19-9-11-21-39(34)47(41)33-24-23-29-13-7-8-18-32(29)25-33/h1-28H. The van der Waals surface area contributed by atoms with Crippen molar-refractivity contribution < 1.29 is 0 Å². The van der Waals surface area contributed by atoms with Crippen molar-refractivity contribution in [3.05, 3.63) is 170 Å². The predicted molar refractivity (Wildman–Crippen MR) is 199 cm³/mol. The van der Waals surface area contributed by atoms with Crippen LogP contribution in [-0.4, -0.2) is 19.1 Å². The number of para-hydroxylation sites is 2. The van der Waals surface area contributed by atoms with Crippen molar-refractivity contribution in [1.82, 2.24) is 19.1 Å². The average Bonchev–Trinajstić information content (AvgIpc) is 3.66. The quantitative estimate of drug-likeness (QED) is 0.198. The van der Waals surface area contributed by atoms with Gasteiger partial charge >= 0.3 is 0 Å². The van der Waals surface area contributed by atoms with E-state index in [9.17, 15) is 0 Å². The summed E-state index contributed by atoms with van der Waals surface area (Å²) in [5.41, 5.74) is 8.67. The SMILES string of the molecule is c1ccc(-c2cc(-n3c4ccccc4c4cc5c(cc43)c3ccccc3n5-c3ccc4ccccc4c3)nc(-c3ccccc3)n2)cc1. The lowest BCUT2D eigenvalue weighted by atomic mass is 10.1. The molecule has 10 rings (SSSR count). The van der Waals surface area contributed by atoms with Crippen LogP contribution in [0.3, 0.4) is 0 Å². The maximum absolute atomic E-state index is 5.24. The molecule has 0 amide bonds. The molecule has 3 heterocycles. The Labute approximate surface area is 276 Å². The van der Waals surface area contributed by atoms with Gasteiger partial charge in [-0.2, -0.15) is 0 Å². The Morgan fingerprint density at radius 2 is 0.917 bits per heavy atom. The number of nitrogens with zero attached hydrogens (tertiary/aromatic N) is 4. The lowest BCUT2D eigenvalue weighted by Crippen LogP contribution is -2.02. The Balaban J connectivity index is 1.30. The van der Waals surface area contributed by atoms with Gasteiger partial charge in [0.1, 0.15) is 5.82 Å². The molecule has 4 nitrogen and oxygen atoms in total. The highest BCUT2D eigenvalue weighted by Gasteiger charge is 2.20. The largest absolute Gasteiger partial charge is 0.309 e. The molecule has 0 bridgehead atoms. The lowest BCUT2D eigenvalue weighted by molar-refractivity contribution is 1.05. The molecule has 7 aromatic carbocycles. The van der Waals surface area contributed by atoms with Crippen LogP contribution in [0.15, 0.2) is 170 Å². The molecular weight excluding hydrogens is 585 g/mol. The van der Waals surface area contributed by atoms with E-state index in [0.717, 1.165) is 39.4 Å². The lowest BCUT2D eigenvalue weighted by Gasteiger charge is -2.12. The Kier molecular flexibility index (Phi) is 5.84. The zero-order valence-electron chi connectivity index (χ0n) is 26.0. The monoisotopic (exact) mass is 612 g/mol. The van der Waals surface area contributed by atoms with Crippen molar-refractivity contribution in [3.63, 3.8) is 0 Å². The predicted octanol–water partition coefficient (Wildman–Crippen LogP) is 11.2. The second-order valence-corrected chi connectivity index (χ2v) is 12.3. The molecule has 0 aliphatic heterocycles. The molecule has 10 aromatic rings. The summed E-state index contributed by atoms with van der Waals surface area (Å²) in [6.07, 6.45) is 0. The van der Waals surface area contributed by atoms with Crippen LogP contribution in [0.2, 0.25) is 0 Å². The van der Waals surface area contributed by atoms with Crippen molar-refractivity contribution in [2.24, 2.45) is 0 Å². The fourth-order valence-corrected chi connectivity index (χ4v) is 7.29. The second-order valence-electron chi connectivity index (χ2n) is 12.3. The second kappa shape index (κ2) is 10.5. The number of fused-ring (bicyclic) bond motifs is 7. The summed E-state index contributed by atoms with van der Waals surface area (Å²) in [7, 11) is 0. The molecule has 3 aromatic heterocycles. The molecule has 224 valence electrons. The summed E-state index contributed by atoms with van der Waals surface area (Å²) in [6, 6.07) is 60.2. The van der Waals surface area contributed by atoms with Gasteiger partial charge in [-0.3, -0.25) is 4.57 Å². The van der Waals surface area contributed by atoms with Crippen molar-refractivity contribution in [1.29, 1.82) is 0 Å². The third-order valence-electron chi connectivity index (χ3n) is 9.50. The maximum Gasteiger partial charge on any atom is 0.162 e. The van der Waals surface area contributed by atoms with E-state index in [2.05, 4.69) is 155 Å². The van der Waals surface area contributed by atoms with Gasteiger partial charge in [-0.1, -0.05) is 127 Å². The van der Waals surface area contributed by atoms with E-state index in [0.29, 0.717) is 5.82 Å². The number of aromatic nitrogens is 4. The van der Waals surface area contributed by atoms with Crippen LogP contribution in [0.25, 0.3) is 88.5 Å². The molecule has 0 N–H and O–H groups in total. The fourth-order valence-electron chi connectivity index (χ4n) is 7.29. The Morgan fingerprint density at radius 3 is 1.62 bits per heavy atom. The van der Waals surface area contributed by atoms with Crippen LogP contribution < -0.4 is 0 Å². The van der Waals surface area contributed by atoms with E-state index < -0.39 is 0 Å². The zero-order chi connectivity index (χ0) is 31.6. The summed E-state index contributed by atoms with van der Waals surface area (Å²) in [5.74, 6) is 1.54. The maximum atomic E-state index is 5.24. The van der Waals surface area contributed by atoms with E-state index in [1.165, 1.54) is 43.4 Å². The van der Waals surface area contributed by atoms with Gasteiger partial charge in [0.2, 0.25) is 0 Å². The molecule has 0 fully saturated rings.